The third-order valence-electron chi connectivity index (χ3n) is 9.64. The van der Waals surface area contributed by atoms with Crippen LogP contribution in [0.2, 0.25) is 0 Å². The van der Waals surface area contributed by atoms with Gasteiger partial charge in [-0.3, -0.25) is 4.57 Å². The fraction of sp³-hybridized carbons (Fsp3) is 0.0238. The summed E-state index contributed by atoms with van der Waals surface area (Å²) in [5.74, 6) is 0.892. The summed E-state index contributed by atoms with van der Waals surface area (Å²) in [5.41, 5.74) is 10.7. The lowest BCUT2D eigenvalue weighted by atomic mass is 10.0. The molecule has 5 aromatic carbocycles. The topological polar surface area (TPSA) is 103 Å². The SMILES string of the molecule is Cc1ccc2c(n1)oc1c(-n3c(-c4ccc5oc6ccc7oc8ccc(-c9ccccc9O)cc8c7c6c5n4)nc4ccccc43)cccc12. The second kappa shape index (κ2) is 9.81. The van der Waals surface area contributed by atoms with Crippen LogP contribution in [0.5, 0.6) is 5.75 Å². The number of imidazole rings is 1. The highest BCUT2D eigenvalue weighted by Crippen LogP contribution is 2.42. The van der Waals surface area contributed by atoms with E-state index in [0.717, 1.165) is 77.2 Å². The Morgan fingerprint density at radius 2 is 1.40 bits per heavy atom. The molecule has 0 amide bonds. The van der Waals surface area contributed by atoms with Crippen LogP contribution < -0.4 is 0 Å². The van der Waals surface area contributed by atoms with E-state index in [2.05, 4.69) is 33.8 Å². The van der Waals surface area contributed by atoms with Crippen molar-refractivity contribution in [3.05, 3.63) is 127 Å². The molecule has 0 radical (unpaired) electrons. The summed E-state index contributed by atoms with van der Waals surface area (Å²) in [4.78, 5) is 15.1. The minimum absolute atomic E-state index is 0.220. The second-order valence-corrected chi connectivity index (χ2v) is 12.6. The molecule has 6 heterocycles. The van der Waals surface area contributed by atoms with E-state index in [1.54, 1.807) is 6.07 Å². The van der Waals surface area contributed by atoms with Gasteiger partial charge in [0.2, 0.25) is 5.71 Å². The third kappa shape index (κ3) is 3.72. The van der Waals surface area contributed by atoms with Gasteiger partial charge in [0.25, 0.3) is 0 Å². The Balaban J connectivity index is 1.18. The zero-order valence-corrected chi connectivity index (χ0v) is 26.5. The van der Waals surface area contributed by atoms with Crippen molar-refractivity contribution in [2.24, 2.45) is 0 Å². The minimum atomic E-state index is 0.220. The fourth-order valence-corrected chi connectivity index (χ4v) is 7.38. The highest BCUT2D eigenvalue weighted by molar-refractivity contribution is 6.25. The van der Waals surface area contributed by atoms with Crippen molar-refractivity contribution in [1.29, 1.82) is 0 Å². The van der Waals surface area contributed by atoms with E-state index in [1.165, 1.54) is 0 Å². The van der Waals surface area contributed by atoms with Gasteiger partial charge in [-0.15, -0.1) is 0 Å². The van der Waals surface area contributed by atoms with Crippen LogP contribution in [-0.4, -0.2) is 24.6 Å². The number of nitrogens with zero attached hydrogens (tertiary/aromatic N) is 4. The molecular formula is C42H24N4O4. The van der Waals surface area contributed by atoms with Gasteiger partial charge >= 0.3 is 0 Å². The zero-order chi connectivity index (χ0) is 33.1. The Morgan fingerprint density at radius 3 is 2.32 bits per heavy atom. The lowest BCUT2D eigenvalue weighted by Gasteiger charge is -2.10. The summed E-state index contributed by atoms with van der Waals surface area (Å²) in [7, 11) is 0. The van der Waals surface area contributed by atoms with Crippen LogP contribution in [0.4, 0.5) is 0 Å². The van der Waals surface area contributed by atoms with Gasteiger partial charge in [-0.25, -0.2) is 15.0 Å². The molecular weight excluding hydrogens is 624 g/mol. The summed E-state index contributed by atoms with van der Waals surface area (Å²) in [6.07, 6.45) is 0. The van der Waals surface area contributed by atoms with Crippen LogP contribution in [0.25, 0.3) is 105 Å². The van der Waals surface area contributed by atoms with E-state index in [-0.39, 0.29) is 5.75 Å². The van der Waals surface area contributed by atoms with Crippen molar-refractivity contribution in [3.8, 4) is 34.1 Å². The summed E-state index contributed by atoms with van der Waals surface area (Å²) >= 11 is 0. The monoisotopic (exact) mass is 648 g/mol. The first-order valence-corrected chi connectivity index (χ1v) is 16.3. The predicted molar refractivity (Wildman–Crippen MR) is 196 cm³/mol. The number of aryl methyl sites for hydroxylation is 1. The van der Waals surface area contributed by atoms with Crippen LogP contribution in [0.1, 0.15) is 5.69 Å². The molecule has 0 aliphatic carbocycles. The average Bonchev–Trinajstić information content (AvgIpc) is 3.90. The zero-order valence-electron chi connectivity index (χ0n) is 26.5. The van der Waals surface area contributed by atoms with Crippen LogP contribution in [0, 0.1) is 6.92 Å². The molecule has 0 atom stereocenters. The number of fused-ring (bicyclic) bond motifs is 11. The molecule has 6 aromatic heterocycles. The van der Waals surface area contributed by atoms with Crippen molar-refractivity contribution in [3.63, 3.8) is 0 Å². The Kier molecular flexibility index (Phi) is 5.31. The molecule has 1 N–H and O–H groups in total. The van der Waals surface area contributed by atoms with Crippen molar-refractivity contribution >= 4 is 77.1 Å². The van der Waals surface area contributed by atoms with Crippen LogP contribution in [0.15, 0.2) is 135 Å². The number of furan rings is 3. The van der Waals surface area contributed by atoms with Crippen LogP contribution in [0.3, 0.4) is 0 Å². The van der Waals surface area contributed by atoms with Gasteiger partial charge in [-0.1, -0.05) is 48.5 Å². The summed E-state index contributed by atoms with van der Waals surface area (Å²) in [6, 6.07) is 39.4. The molecule has 236 valence electrons. The predicted octanol–water partition coefficient (Wildman–Crippen LogP) is 10.9. The molecule has 0 unspecified atom stereocenters. The lowest BCUT2D eigenvalue weighted by Crippen LogP contribution is -1.99. The minimum Gasteiger partial charge on any atom is -0.507 e. The first kappa shape index (κ1) is 27.1. The van der Waals surface area contributed by atoms with Gasteiger partial charge < -0.3 is 18.4 Å². The number of benzene rings is 5. The average molecular weight is 649 g/mol. The number of pyridine rings is 2. The number of hydrogen-bond acceptors (Lipinski definition) is 7. The maximum Gasteiger partial charge on any atom is 0.227 e. The number of aromatic hydroxyl groups is 1. The first-order chi connectivity index (χ1) is 24.6. The van der Waals surface area contributed by atoms with Gasteiger partial charge in [-0.05, 0) is 85.3 Å². The normalized spacial score (nSPS) is 12.2. The number of para-hydroxylation sites is 4. The molecule has 0 aliphatic rings. The van der Waals surface area contributed by atoms with E-state index in [1.807, 2.05) is 97.9 Å². The molecule has 0 bridgehead atoms. The lowest BCUT2D eigenvalue weighted by molar-refractivity contribution is 0.477. The Bertz CT molecular complexity index is 3200. The van der Waals surface area contributed by atoms with Gasteiger partial charge in [0.15, 0.2) is 17.0 Å². The summed E-state index contributed by atoms with van der Waals surface area (Å²) in [5, 5.41) is 15.2. The van der Waals surface area contributed by atoms with Crippen LogP contribution in [-0.2, 0) is 0 Å². The highest BCUT2D eigenvalue weighted by Gasteiger charge is 2.23. The Labute approximate surface area is 282 Å². The summed E-state index contributed by atoms with van der Waals surface area (Å²) in [6.45, 7) is 1.96. The largest absolute Gasteiger partial charge is 0.507 e. The number of rotatable bonds is 3. The van der Waals surface area contributed by atoms with Gasteiger partial charge in [0, 0.05) is 32.8 Å². The smallest absolute Gasteiger partial charge is 0.227 e. The van der Waals surface area contributed by atoms with Crippen LogP contribution >= 0.6 is 0 Å². The van der Waals surface area contributed by atoms with E-state index in [0.29, 0.717) is 33.9 Å². The van der Waals surface area contributed by atoms with E-state index >= 15 is 0 Å². The fourth-order valence-electron chi connectivity index (χ4n) is 7.38. The number of aromatic nitrogens is 4. The Morgan fingerprint density at radius 1 is 0.600 bits per heavy atom. The van der Waals surface area contributed by atoms with Crippen molar-refractivity contribution in [2.75, 3.05) is 0 Å². The molecule has 0 fully saturated rings. The standard InChI is InChI=1S/C42H24N4O4/c1-22-13-15-26-25-8-6-11-31(40(25)50-42(26)43-22)46-30-10-4-3-9-28(30)45-41(46)29-16-18-36-39(44-29)38-35(49-36)20-19-34-37(38)27-21-23(14-17-33(27)48-34)24-7-2-5-12-32(24)47/h2-21,47H,1H3. The van der Waals surface area contributed by atoms with E-state index in [9.17, 15) is 5.11 Å². The molecule has 0 aliphatic heterocycles. The number of phenols is 1. The number of hydrogen-bond donors (Lipinski definition) is 1. The molecule has 8 nitrogen and oxygen atoms in total. The molecule has 11 aromatic rings. The highest BCUT2D eigenvalue weighted by atomic mass is 16.3. The third-order valence-corrected chi connectivity index (χ3v) is 9.64. The van der Waals surface area contributed by atoms with Crippen molar-refractivity contribution in [2.45, 2.75) is 6.92 Å². The molecule has 11 rings (SSSR count). The molecule has 8 heteroatoms. The van der Waals surface area contributed by atoms with Gasteiger partial charge in [0.05, 0.1) is 22.1 Å². The van der Waals surface area contributed by atoms with Gasteiger partial charge in [-0.2, -0.15) is 0 Å². The van der Waals surface area contributed by atoms with E-state index in [4.69, 9.17) is 23.2 Å². The van der Waals surface area contributed by atoms with E-state index < -0.39 is 0 Å². The maximum absolute atomic E-state index is 10.6. The number of phenolic OH excluding ortho intramolecular Hbond substituents is 1. The molecule has 50 heavy (non-hydrogen) atoms. The molecule has 0 saturated carbocycles. The van der Waals surface area contributed by atoms with Gasteiger partial charge in [0.1, 0.15) is 33.7 Å². The first-order valence-electron chi connectivity index (χ1n) is 16.3. The maximum atomic E-state index is 10.6. The molecule has 0 spiro atoms. The quantitative estimate of drug-likeness (QED) is 0.203. The van der Waals surface area contributed by atoms with Crippen molar-refractivity contribution < 1.29 is 18.4 Å². The Hall–Kier alpha value is -6.93. The second-order valence-electron chi connectivity index (χ2n) is 12.6. The molecule has 0 saturated heterocycles. The summed E-state index contributed by atoms with van der Waals surface area (Å²) < 4.78 is 21.3. The van der Waals surface area contributed by atoms with Crippen molar-refractivity contribution in [1.82, 2.24) is 19.5 Å².